The molecule has 0 bridgehead atoms. The number of hydrogen-bond donors (Lipinski definition) is 1. The number of nitrogens with one attached hydrogen (secondary N) is 1. The normalized spacial score (nSPS) is 17.3. The van der Waals surface area contributed by atoms with Gasteiger partial charge in [0.1, 0.15) is 5.75 Å². The van der Waals surface area contributed by atoms with E-state index in [4.69, 9.17) is 4.74 Å². The zero-order valence-electron chi connectivity index (χ0n) is 12.9. The predicted molar refractivity (Wildman–Crippen MR) is 86.7 cm³/mol. The first-order chi connectivity index (χ1) is 10.3. The second-order valence-electron chi connectivity index (χ2n) is 5.83. The van der Waals surface area contributed by atoms with Gasteiger partial charge in [-0.1, -0.05) is 36.4 Å². The average Bonchev–Trinajstić information content (AvgIpc) is 2.53. The summed E-state index contributed by atoms with van der Waals surface area (Å²) in [5, 5.41) is 3.72. The Morgan fingerprint density at radius 1 is 1.19 bits per heavy atom. The molecular formula is C19H23NO. The Balaban J connectivity index is 1.70. The molecule has 0 fully saturated rings. The first-order valence-corrected chi connectivity index (χ1v) is 7.72. The van der Waals surface area contributed by atoms with Gasteiger partial charge in [0.25, 0.3) is 0 Å². The molecule has 1 unspecified atom stereocenters. The van der Waals surface area contributed by atoms with E-state index in [0.29, 0.717) is 6.04 Å². The smallest absolute Gasteiger partial charge is 0.121 e. The monoisotopic (exact) mass is 281 g/mol. The van der Waals surface area contributed by atoms with Gasteiger partial charge in [0.2, 0.25) is 0 Å². The lowest BCUT2D eigenvalue weighted by molar-refractivity contribution is 0.411. The van der Waals surface area contributed by atoms with Crippen LogP contribution in [0.1, 0.15) is 41.1 Å². The highest BCUT2D eigenvalue weighted by Gasteiger charge is 2.18. The Labute approximate surface area is 127 Å². The summed E-state index contributed by atoms with van der Waals surface area (Å²) < 4.78 is 5.32. The fourth-order valence-corrected chi connectivity index (χ4v) is 3.26. The third-order valence-corrected chi connectivity index (χ3v) is 4.38. The number of aryl methyl sites for hydroxylation is 2. The van der Waals surface area contributed by atoms with Gasteiger partial charge in [0.05, 0.1) is 7.11 Å². The molecule has 1 aliphatic rings. The van der Waals surface area contributed by atoms with E-state index in [9.17, 15) is 0 Å². The third kappa shape index (κ3) is 3.11. The molecule has 1 aliphatic carbocycles. The van der Waals surface area contributed by atoms with Crippen LogP contribution in [-0.4, -0.2) is 7.11 Å². The average molecular weight is 281 g/mol. The van der Waals surface area contributed by atoms with Gasteiger partial charge in [-0.25, -0.2) is 0 Å². The maximum atomic E-state index is 5.32. The van der Waals surface area contributed by atoms with E-state index >= 15 is 0 Å². The summed E-state index contributed by atoms with van der Waals surface area (Å²) in [6.45, 7) is 3.00. The van der Waals surface area contributed by atoms with Crippen molar-refractivity contribution in [2.24, 2.45) is 0 Å². The topological polar surface area (TPSA) is 21.3 Å². The summed E-state index contributed by atoms with van der Waals surface area (Å²) >= 11 is 0. The molecule has 0 saturated carbocycles. The molecule has 2 aromatic carbocycles. The molecule has 3 rings (SSSR count). The van der Waals surface area contributed by atoms with Gasteiger partial charge in [0.15, 0.2) is 0 Å². The number of methoxy groups -OCH3 is 1. The lowest BCUT2D eigenvalue weighted by atomic mass is 9.87. The molecule has 0 aromatic heterocycles. The van der Waals surface area contributed by atoms with Gasteiger partial charge in [-0.3, -0.25) is 0 Å². The van der Waals surface area contributed by atoms with Crippen molar-refractivity contribution in [1.29, 1.82) is 0 Å². The number of hydrogen-bond acceptors (Lipinski definition) is 2. The van der Waals surface area contributed by atoms with Crippen molar-refractivity contribution >= 4 is 0 Å². The van der Waals surface area contributed by atoms with Crippen LogP contribution >= 0.6 is 0 Å². The largest absolute Gasteiger partial charge is 0.496 e. The van der Waals surface area contributed by atoms with E-state index in [2.05, 4.69) is 54.7 Å². The predicted octanol–water partition coefficient (Wildman–Crippen LogP) is 4.17. The minimum Gasteiger partial charge on any atom is -0.496 e. The number of rotatable bonds is 4. The van der Waals surface area contributed by atoms with Gasteiger partial charge in [-0.15, -0.1) is 0 Å². The fourth-order valence-electron chi connectivity index (χ4n) is 3.26. The first kappa shape index (κ1) is 14.2. The SMILES string of the molecule is COc1ccc(CNC2CCCc3ccccc32)cc1C. The van der Waals surface area contributed by atoms with Gasteiger partial charge in [0, 0.05) is 12.6 Å². The molecule has 2 aromatic rings. The number of ether oxygens (including phenoxy) is 1. The summed E-state index contributed by atoms with van der Waals surface area (Å²) in [6, 6.07) is 15.7. The molecular weight excluding hydrogens is 258 g/mol. The maximum absolute atomic E-state index is 5.32. The molecule has 0 amide bonds. The van der Waals surface area contributed by atoms with Gasteiger partial charge in [-0.2, -0.15) is 0 Å². The van der Waals surface area contributed by atoms with E-state index in [0.717, 1.165) is 12.3 Å². The van der Waals surface area contributed by atoms with Crippen LogP contribution < -0.4 is 10.1 Å². The zero-order chi connectivity index (χ0) is 14.7. The highest BCUT2D eigenvalue weighted by Crippen LogP contribution is 2.29. The first-order valence-electron chi connectivity index (χ1n) is 7.72. The Morgan fingerprint density at radius 3 is 2.86 bits per heavy atom. The van der Waals surface area contributed by atoms with Crippen LogP contribution in [0.25, 0.3) is 0 Å². The van der Waals surface area contributed by atoms with Crippen molar-refractivity contribution in [3.8, 4) is 5.75 Å². The molecule has 0 spiro atoms. The number of fused-ring (bicyclic) bond motifs is 1. The summed E-state index contributed by atoms with van der Waals surface area (Å²) in [5.41, 5.74) is 5.50. The molecule has 0 saturated heterocycles. The Morgan fingerprint density at radius 2 is 2.05 bits per heavy atom. The summed E-state index contributed by atoms with van der Waals surface area (Å²) in [7, 11) is 1.72. The van der Waals surface area contributed by atoms with E-state index in [1.54, 1.807) is 7.11 Å². The minimum atomic E-state index is 0.484. The standard InChI is InChI=1S/C19H23NO/c1-14-12-15(10-11-19(14)21-2)13-20-18-9-5-7-16-6-3-4-8-17(16)18/h3-4,6,8,10-12,18,20H,5,7,9,13H2,1-2H3. The van der Waals surface area contributed by atoms with Crippen molar-refractivity contribution in [3.05, 3.63) is 64.7 Å². The quantitative estimate of drug-likeness (QED) is 0.908. The minimum absolute atomic E-state index is 0.484. The second-order valence-corrected chi connectivity index (χ2v) is 5.83. The molecule has 2 heteroatoms. The van der Waals surface area contributed by atoms with Crippen molar-refractivity contribution in [2.45, 2.75) is 38.8 Å². The van der Waals surface area contributed by atoms with Crippen LogP contribution in [0.15, 0.2) is 42.5 Å². The highest BCUT2D eigenvalue weighted by molar-refractivity contribution is 5.36. The zero-order valence-corrected chi connectivity index (χ0v) is 12.9. The summed E-state index contributed by atoms with van der Waals surface area (Å²) in [4.78, 5) is 0. The van der Waals surface area contributed by atoms with Gasteiger partial charge < -0.3 is 10.1 Å². The van der Waals surface area contributed by atoms with E-state index in [-0.39, 0.29) is 0 Å². The summed E-state index contributed by atoms with van der Waals surface area (Å²) in [6.07, 6.45) is 3.72. The fraction of sp³-hybridized carbons (Fsp3) is 0.368. The van der Waals surface area contributed by atoms with Crippen molar-refractivity contribution in [3.63, 3.8) is 0 Å². The van der Waals surface area contributed by atoms with E-state index < -0.39 is 0 Å². The second kappa shape index (κ2) is 6.31. The third-order valence-electron chi connectivity index (χ3n) is 4.38. The van der Waals surface area contributed by atoms with Crippen LogP contribution in [-0.2, 0) is 13.0 Å². The van der Waals surface area contributed by atoms with Crippen molar-refractivity contribution in [1.82, 2.24) is 5.32 Å². The van der Waals surface area contributed by atoms with E-state index in [1.165, 1.54) is 41.5 Å². The maximum Gasteiger partial charge on any atom is 0.121 e. The van der Waals surface area contributed by atoms with Crippen LogP contribution in [0.3, 0.4) is 0 Å². The molecule has 0 heterocycles. The lowest BCUT2D eigenvalue weighted by Gasteiger charge is -2.26. The van der Waals surface area contributed by atoms with Crippen molar-refractivity contribution < 1.29 is 4.74 Å². The van der Waals surface area contributed by atoms with Crippen LogP contribution in [0.5, 0.6) is 5.75 Å². The van der Waals surface area contributed by atoms with Crippen molar-refractivity contribution in [2.75, 3.05) is 7.11 Å². The Kier molecular flexibility index (Phi) is 4.26. The van der Waals surface area contributed by atoms with Crippen LogP contribution in [0, 0.1) is 6.92 Å². The Bertz CT molecular complexity index is 621. The molecule has 0 aliphatic heterocycles. The van der Waals surface area contributed by atoms with E-state index in [1.807, 2.05) is 0 Å². The molecule has 21 heavy (non-hydrogen) atoms. The highest BCUT2D eigenvalue weighted by atomic mass is 16.5. The molecule has 110 valence electrons. The molecule has 2 nitrogen and oxygen atoms in total. The lowest BCUT2D eigenvalue weighted by Crippen LogP contribution is -2.24. The van der Waals surface area contributed by atoms with Gasteiger partial charge >= 0.3 is 0 Å². The summed E-state index contributed by atoms with van der Waals surface area (Å²) in [5.74, 6) is 0.960. The molecule has 0 radical (unpaired) electrons. The van der Waals surface area contributed by atoms with Crippen LogP contribution in [0.4, 0.5) is 0 Å². The Hall–Kier alpha value is -1.80. The molecule has 1 N–H and O–H groups in total. The van der Waals surface area contributed by atoms with Crippen LogP contribution in [0.2, 0.25) is 0 Å². The van der Waals surface area contributed by atoms with Gasteiger partial charge in [-0.05, 0) is 54.5 Å². The molecule has 1 atom stereocenters. The number of benzene rings is 2.